The van der Waals surface area contributed by atoms with Gasteiger partial charge in [0.15, 0.2) is 5.82 Å². The zero-order valence-electron chi connectivity index (χ0n) is 22.6. The van der Waals surface area contributed by atoms with E-state index in [2.05, 4.69) is 26.8 Å². The molecule has 2 aromatic heterocycles. The molecule has 0 radical (unpaired) electrons. The number of rotatable bonds is 12. The van der Waals surface area contributed by atoms with E-state index in [4.69, 9.17) is 20.2 Å². The van der Waals surface area contributed by atoms with Gasteiger partial charge in [-0.1, -0.05) is 56.8 Å². The van der Waals surface area contributed by atoms with Crippen LogP contribution in [0.4, 0.5) is 10.6 Å². The number of ether oxygens (including phenoxy) is 2. The van der Waals surface area contributed by atoms with E-state index in [0.29, 0.717) is 56.5 Å². The lowest BCUT2D eigenvalue weighted by Crippen LogP contribution is -2.26. The van der Waals surface area contributed by atoms with Crippen LogP contribution in [-0.4, -0.2) is 47.4 Å². The number of anilines is 1. The van der Waals surface area contributed by atoms with Crippen LogP contribution in [0, 0.1) is 0 Å². The molecule has 3 rings (SSSR count). The van der Waals surface area contributed by atoms with Crippen molar-refractivity contribution in [3.63, 3.8) is 0 Å². The number of fused-ring (bicyclic) bond motifs is 1. The molecule has 0 aliphatic carbocycles. The number of alkyl carbamates (subject to hydrolysis) is 1. The lowest BCUT2D eigenvalue weighted by Gasteiger charge is -2.13. The number of benzene rings is 1. The second-order valence-electron chi connectivity index (χ2n) is 7.86. The van der Waals surface area contributed by atoms with Gasteiger partial charge < -0.3 is 30.4 Å². The minimum Gasteiger partial charge on any atom is -0.448 e. The van der Waals surface area contributed by atoms with Gasteiger partial charge in [0.2, 0.25) is 0 Å². The summed E-state index contributed by atoms with van der Waals surface area (Å²) in [5, 5.41) is 5.69. The Bertz CT molecular complexity index is 1190. The number of nitrogens with two attached hydrogens (primary N) is 1. The van der Waals surface area contributed by atoms with Gasteiger partial charge in [-0.15, -0.1) is 0 Å². The van der Waals surface area contributed by atoms with E-state index in [9.17, 15) is 4.79 Å². The summed E-state index contributed by atoms with van der Waals surface area (Å²) in [7, 11) is 1.81. The SMILES string of the molecule is C=Cc1nc(N)c2nc(COCC)n(Cc3ccc(CNC(=O)OCCNC)cc3)c2c1/C=C\C.CC. The monoisotopic (exact) mass is 508 g/mol. The summed E-state index contributed by atoms with van der Waals surface area (Å²) in [6.45, 7) is 14.7. The van der Waals surface area contributed by atoms with Crippen molar-refractivity contribution in [2.45, 2.75) is 47.4 Å². The number of hydrogen-bond acceptors (Lipinski definition) is 7. The van der Waals surface area contributed by atoms with Crippen LogP contribution in [0.25, 0.3) is 23.2 Å². The summed E-state index contributed by atoms with van der Waals surface area (Å²) in [5.41, 5.74) is 11.5. The van der Waals surface area contributed by atoms with Crippen LogP contribution in [0.3, 0.4) is 0 Å². The zero-order valence-corrected chi connectivity index (χ0v) is 22.6. The summed E-state index contributed by atoms with van der Waals surface area (Å²) in [4.78, 5) is 21.0. The van der Waals surface area contributed by atoms with E-state index in [1.165, 1.54) is 0 Å². The standard InChI is InChI=1S/C26H34N6O3.C2H6/c1-5-8-20-21(6-2)30-25(27)23-24(20)32(22(31-23)17-34-7-3)16-19-11-9-18(10-12-19)15-29-26(33)35-14-13-28-4;1-2/h5-6,8-12,28H,2,7,13-17H2,1,3-4H3,(H2,27,30)(H,29,33);1-2H3/b8-5-;. The number of nitrogens with one attached hydrogen (secondary N) is 2. The van der Waals surface area contributed by atoms with Crippen molar-refractivity contribution < 1.29 is 14.3 Å². The van der Waals surface area contributed by atoms with E-state index < -0.39 is 6.09 Å². The predicted molar refractivity (Wildman–Crippen MR) is 151 cm³/mol. The van der Waals surface area contributed by atoms with Crippen molar-refractivity contribution >= 4 is 35.1 Å². The van der Waals surface area contributed by atoms with Crippen molar-refractivity contribution in [1.82, 2.24) is 25.2 Å². The molecule has 2 heterocycles. The van der Waals surface area contributed by atoms with Gasteiger partial charge in [-0.05, 0) is 38.1 Å². The highest BCUT2D eigenvalue weighted by molar-refractivity contribution is 5.94. The van der Waals surface area contributed by atoms with Crippen LogP contribution in [-0.2, 0) is 29.2 Å². The minimum absolute atomic E-state index is 0.326. The number of nitrogen functional groups attached to an aromatic ring is 1. The highest BCUT2D eigenvalue weighted by atomic mass is 16.5. The van der Waals surface area contributed by atoms with Crippen LogP contribution in [0.5, 0.6) is 0 Å². The Balaban J connectivity index is 0.00000235. The third-order valence-corrected chi connectivity index (χ3v) is 5.41. The second kappa shape index (κ2) is 15.4. The molecule has 0 fully saturated rings. The molecular formula is C28H40N6O3. The first-order valence-electron chi connectivity index (χ1n) is 12.7. The van der Waals surface area contributed by atoms with E-state index in [1.54, 1.807) is 13.1 Å². The molecule has 3 aromatic rings. The first-order valence-corrected chi connectivity index (χ1v) is 12.7. The third kappa shape index (κ3) is 7.90. The lowest BCUT2D eigenvalue weighted by molar-refractivity contribution is 0.126. The van der Waals surface area contributed by atoms with Gasteiger partial charge in [0.25, 0.3) is 0 Å². The lowest BCUT2D eigenvalue weighted by atomic mass is 10.1. The molecule has 200 valence electrons. The first kappa shape index (κ1) is 29.5. The fourth-order valence-corrected chi connectivity index (χ4v) is 3.69. The van der Waals surface area contributed by atoms with Gasteiger partial charge in [0, 0.05) is 31.8 Å². The molecule has 0 bridgehead atoms. The average Bonchev–Trinajstić information content (AvgIpc) is 3.28. The molecule has 0 saturated heterocycles. The van der Waals surface area contributed by atoms with Crippen LogP contribution in [0.2, 0.25) is 0 Å². The Hall–Kier alpha value is -3.69. The van der Waals surface area contributed by atoms with Gasteiger partial charge in [-0.25, -0.2) is 14.8 Å². The van der Waals surface area contributed by atoms with Gasteiger partial charge in [-0.2, -0.15) is 0 Å². The van der Waals surface area contributed by atoms with Crippen LogP contribution < -0.4 is 16.4 Å². The van der Waals surface area contributed by atoms with E-state index >= 15 is 0 Å². The maximum atomic E-state index is 11.8. The number of hydrogen-bond donors (Lipinski definition) is 3. The maximum absolute atomic E-state index is 11.8. The molecule has 0 atom stereocenters. The molecule has 9 nitrogen and oxygen atoms in total. The van der Waals surface area contributed by atoms with Crippen molar-refractivity contribution in [1.29, 1.82) is 0 Å². The molecule has 0 saturated carbocycles. The van der Waals surface area contributed by atoms with Crippen LogP contribution >= 0.6 is 0 Å². The summed E-state index contributed by atoms with van der Waals surface area (Å²) in [6.07, 6.45) is 5.23. The number of carbonyl (C=O) groups is 1. The molecule has 1 aromatic carbocycles. The van der Waals surface area contributed by atoms with Crippen LogP contribution in [0.1, 0.15) is 55.9 Å². The van der Waals surface area contributed by atoms with Crippen molar-refractivity contribution in [2.24, 2.45) is 0 Å². The number of carbonyl (C=O) groups excluding carboxylic acids is 1. The fraction of sp³-hybridized carbons (Fsp3) is 0.393. The van der Waals surface area contributed by atoms with Crippen molar-refractivity contribution in [2.75, 3.05) is 32.5 Å². The largest absolute Gasteiger partial charge is 0.448 e. The Morgan fingerprint density at radius 1 is 1.19 bits per heavy atom. The molecule has 0 spiro atoms. The maximum Gasteiger partial charge on any atom is 0.407 e. The highest BCUT2D eigenvalue weighted by Crippen LogP contribution is 2.29. The van der Waals surface area contributed by atoms with Gasteiger partial charge in [0.1, 0.15) is 24.6 Å². The first-order chi connectivity index (χ1) is 18.0. The van der Waals surface area contributed by atoms with E-state index in [0.717, 1.165) is 28.0 Å². The Morgan fingerprint density at radius 3 is 2.51 bits per heavy atom. The molecule has 0 aliphatic heterocycles. The summed E-state index contributed by atoms with van der Waals surface area (Å²) in [6, 6.07) is 8.05. The quantitative estimate of drug-likeness (QED) is 0.302. The predicted octanol–water partition coefficient (Wildman–Crippen LogP) is 4.75. The van der Waals surface area contributed by atoms with Crippen molar-refractivity contribution in [3.8, 4) is 0 Å². The molecule has 1 amide bonds. The summed E-state index contributed by atoms with van der Waals surface area (Å²) < 4.78 is 12.9. The minimum atomic E-state index is -0.435. The number of pyridine rings is 1. The van der Waals surface area contributed by atoms with Gasteiger partial charge in [-0.3, -0.25) is 0 Å². The van der Waals surface area contributed by atoms with Crippen molar-refractivity contribution in [3.05, 3.63) is 65.1 Å². The number of imidazole rings is 1. The second-order valence-corrected chi connectivity index (χ2v) is 7.86. The topological polar surface area (TPSA) is 116 Å². The average molecular weight is 509 g/mol. The molecule has 4 N–H and O–H groups in total. The molecule has 9 heteroatoms. The Labute approximate surface area is 219 Å². The molecular weight excluding hydrogens is 468 g/mol. The number of likely N-dealkylation sites (N-methyl/N-ethyl adjacent to an activating group) is 1. The third-order valence-electron chi connectivity index (χ3n) is 5.41. The zero-order chi connectivity index (χ0) is 27.2. The summed E-state index contributed by atoms with van der Waals surface area (Å²) >= 11 is 0. The highest BCUT2D eigenvalue weighted by Gasteiger charge is 2.19. The van der Waals surface area contributed by atoms with Crippen LogP contribution in [0.15, 0.2) is 36.9 Å². The van der Waals surface area contributed by atoms with Gasteiger partial charge in [0.05, 0.1) is 11.2 Å². The Kier molecular flexibility index (Phi) is 12.3. The molecule has 37 heavy (non-hydrogen) atoms. The van der Waals surface area contributed by atoms with E-state index in [-0.39, 0.29) is 0 Å². The van der Waals surface area contributed by atoms with Gasteiger partial charge >= 0.3 is 6.09 Å². The normalized spacial score (nSPS) is 10.8. The number of allylic oxidation sites excluding steroid dienone is 1. The smallest absolute Gasteiger partial charge is 0.407 e. The molecule has 0 aliphatic rings. The number of aromatic nitrogens is 3. The fourth-order valence-electron chi connectivity index (χ4n) is 3.69. The number of nitrogens with zero attached hydrogens (tertiary/aromatic N) is 3. The summed E-state index contributed by atoms with van der Waals surface area (Å²) in [5.74, 6) is 1.14. The number of amides is 1. The van der Waals surface area contributed by atoms with E-state index in [1.807, 2.05) is 64.1 Å². The Morgan fingerprint density at radius 2 is 1.89 bits per heavy atom. The molecule has 0 unspecified atom stereocenters.